The largest absolute Gasteiger partial charge is 0.573 e. The van der Waals surface area contributed by atoms with Gasteiger partial charge in [0.1, 0.15) is 15.7 Å². The lowest BCUT2D eigenvalue weighted by atomic mass is 9.86. The fourth-order valence-corrected chi connectivity index (χ4v) is 6.54. The van der Waals surface area contributed by atoms with Crippen LogP contribution >= 0.6 is 0 Å². The second-order valence-corrected chi connectivity index (χ2v) is 11.0. The van der Waals surface area contributed by atoms with Crippen molar-refractivity contribution in [3.05, 3.63) is 72.8 Å². The quantitative estimate of drug-likeness (QED) is 0.435. The molecule has 2 N–H and O–H groups in total. The summed E-state index contributed by atoms with van der Waals surface area (Å²) in [5.41, 5.74) is 1.65. The molecule has 5 rings (SSSR count). The number of aliphatic hydroxyl groups excluding tert-OH is 1. The van der Waals surface area contributed by atoms with Crippen LogP contribution in [0.1, 0.15) is 19.3 Å². The van der Waals surface area contributed by atoms with Crippen molar-refractivity contribution in [1.82, 2.24) is 4.72 Å². The first-order valence-corrected chi connectivity index (χ1v) is 13.3. The molecule has 3 aromatic rings. The molecule has 1 fully saturated rings. The third kappa shape index (κ3) is 5.11. The van der Waals surface area contributed by atoms with Gasteiger partial charge >= 0.3 is 6.36 Å². The molecule has 1 aliphatic carbocycles. The minimum atomic E-state index is -4.83. The zero-order valence-electron chi connectivity index (χ0n) is 19.9. The van der Waals surface area contributed by atoms with E-state index in [1.54, 1.807) is 0 Å². The molecule has 1 aliphatic heterocycles. The Labute approximate surface area is 213 Å². The van der Waals surface area contributed by atoms with Gasteiger partial charge in [-0.25, -0.2) is 13.3 Å². The summed E-state index contributed by atoms with van der Waals surface area (Å²) in [4.78, 5) is 2.27. The first-order valence-electron chi connectivity index (χ1n) is 11.8. The highest BCUT2D eigenvalue weighted by atomic mass is 32.2. The number of benzene rings is 3. The number of anilines is 2. The van der Waals surface area contributed by atoms with Gasteiger partial charge in [0.25, 0.3) is 0 Å². The number of hydrogen-bond donors (Lipinski definition) is 2. The molecule has 0 amide bonds. The van der Waals surface area contributed by atoms with Gasteiger partial charge in [-0.05, 0) is 67.8 Å². The van der Waals surface area contributed by atoms with Gasteiger partial charge in [0, 0.05) is 13.1 Å². The van der Waals surface area contributed by atoms with Crippen LogP contribution in [-0.4, -0.2) is 40.9 Å². The number of nitrogens with one attached hydrogen (secondary N) is 1. The maximum atomic E-state index is 13.8. The van der Waals surface area contributed by atoms with Crippen LogP contribution in [0.3, 0.4) is 0 Å². The summed E-state index contributed by atoms with van der Waals surface area (Å²) in [5, 5.41) is 11.6. The second-order valence-electron chi connectivity index (χ2n) is 8.85. The number of nitrogens with zero attached hydrogens (tertiary/aromatic N) is 2. The van der Waals surface area contributed by atoms with E-state index in [0.29, 0.717) is 24.3 Å². The molecule has 0 bridgehead atoms. The van der Waals surface area contributed by atoms with Crippen molar-refractivity contribution in [2.24, 2.45) is 4.36 Å². The Morgan fingerprint density at radius 2 is 1.59 bits per heavy atom. The standard InChI is InChI=1S/C26H26F3N3O4S/c1-30-37(34,18-15-13-17(14-16-18)36-26(27,28)29)31-19-7-6-10-22(25(19)33)32-20-8-2-4-11-23(20)35-24-12-5-3-9-21(24)32/h2-5,8-9,11-16,19,22,25,33H,6-7,10H2,1H3,(H,30,31,34)/t19-,22+,25-,37?/m0/s1. The Bertz CT molecular complexity index is 1340. The maximum Gasteiger partial charge on any atom is 0.573 e. The van der Waals surface area contributed by atoms with Crippen LogP contribution in [0.25, 0.3) is 0 Å². The second kappa shape index (κ2) is 9.88. The van der Waals surface area contributed by atoms with Crippen LogP contribution in [0.2, 0.25) is 0 Å². The molecular weight excluding hydrogens is 507 g/mol. The molecule has 0 radical (unpaired) electrons. The molecular formula is C26H26F3N3O4S. The number of ether oxygens (including phenoxy) is 2. The normalized spacial score (nSPS) is 22.7. The average molecular weight is 534 g/mol. The number of para-hydroxylation sites is 4. The SMILES string of the molecule is CN=S(=O)(N[C@H]1CCC[C@@H](N2c3ccccc3Oc3ccccc32)[C@H]1O)c1ccc(OC(F)(F)F)cc1. The molecule has 37 heavy (non-hydrogen) atoms. The summed E-state index contributed by atoms with van der Waals surface area (Å²) in [6.45, 7) is 0. The fraction of sp³-hybridized carbons (Fsp3) is 0.308. The molecule has 196 valence electrons. The van der Waals surface area contributed by atoms with Gasteiger partial charge in [-0.3, -0.25) is 0 Å². The van der Waals surface area contributed by atoms with E-state index in [4.69, 9.17) is 4.74 Å². The number of rotatable bonds is 5. The van der Waals surface area contributed by atoms with E-state index < -0.39 is 34.2 Å². The van der Waals surface area contributed by atoms with Crippen molar-refractivity contribution in [3.63, 3.8) is 0 Å². The lowest BCUT2D eigenvalue weighted by Gasteiger charge is -2.45. The molecule has 0 saturated heterocycles. The molecule has 2 aliphatic rings. The topological polar surface area (TPSA) is 83.4 Å². The van der Waals surface area contributed by atoms with Gasteiger partial charge in [-0.1, -0.05) is 24.3 Å². The molecule has 1 heterocycles. The van der Waals surface area contributed by atoms with Gasteiger partial charge in [0.2, 0.25) is 0 Å². The smallest absolute Gasteiger partial charge is 0.453 e. The zero-order valence-corrected chi connectivity index (χ0v) is 20.7. The Kier molecular flexibility index (Phi) is 6.78. The van der Waals surface area contributed by atoms with Gasteiger partial charge in [-0.15, -0.1) is 13.2 Å². The lowest BCUT2D eigenvalue weighted by Crippen LogP contribution is -2.56. The molecule has 4 atom stereocenters. The summed E-state index contributed by atoms with van der Waals surface area (Å²) in [6, 6.07) is 19.0. The van der Waals surface area contributed by atoms with Gasteiger partial charge < -0.3 is 19.5 Å². The van der Waals surface area contributed by atoms with Crippen molar-refractivity contribution in [2.75, 3.05) is 11.9 Å². The van der Waals surface area contributed by atoms with E-state index >= 15 is 0 Å². The molecule has 1 unspecified atom stereocenters. The third-order valence-electron chi connectivity index (χ3n) is 6.57. The summed E-state index contributed by atoms with van der Waals surface area (Å²) in [5.74, 6) is 0.936. The van der Waals surface area contributed by atoms with Crippen molar-refractivity contribution >= 4 is 21.3 Å². The minimum Gasteiger partial charge on any atom is -0.453 e. The monoisotopic (exact) mass is 533 g/mol. The van der Waals surface area contributed by atoms with E-state index in [9.17, 15) is 22.5 Å². The Hall–Kier alpha value is -3.28. The van der Waals surface area contributed by atoms with E-state index in [-0.39, 0.29) is 10.9 Å². The van der Waals surface area contributed by atoms with Crippen LogP contribution in [0, 0.1) is 0 Å². The number of aliphatic hydroxyl groups is 1. The Morgan fingerprint density at radius 3 is 2.16 bits per heavy atom. The number of alkyl halides is 3. The van der Waals surface area contributed by atoms with Crippen molar-refractivity contribution < 1.29 is 32.0 Å². The maximum absolute atomic E-state index is 13.8. The summed E-state index contributed by atoms with van der Waals surface area (Å²) in [7, 11) is -1.87. The van der Waals surface area contributed by atoms with E-state index in [2.05, 4.69) is 18.7 Å². The molecule has 3 aromatic carbocycles. The molecule has 7 nitrogen and oxygen atoms in total. The summed E-state index contributed by atoms with van der Waals surface area (Å²) in [6.07, 6.45) is -3.76. The first kappa shape index (κ1) is 25.4. The van der Waals surface area contributed by atoms with Crippen LogP contribution < -0.4 is 19.1 Å². The highest BCUT2D eigenvalue weighted by Gasteiger charge is 2.40. The van der Waals surface area contributed by atoms with Gasteiger partial charge in [-0.2, -0.15) is 0 Å². The van der Waals surface area contributed by atoms with Crippen LogP contribution in [-0.2, 0) is 9.92 Å². The minimum absolute atomic E-state index is 0.195. The van der Waals surface area contributed by atoms with Crippen molar-refractivity contribution in [2.45, 2.75) is 48.7 Å². The number of hydrogen-bond acceptors (Lipinski definition) is 6. The van der Waals surface area contributed by atoms with Crippen LogP contribution in [0.5, 0.6) is 17.2 Å². The summed E-state index contributed by atoms with van der Waals surface area (Å²) >= 11 is 0. The molecule has 0 spiro atoms. The van der Waals surface area contributed by atoms with E-state index in [1.165, 1.54) is 19.2 Å². The highest BCUT2D eigenvalue weighted by molar-refractivity contribution is 7.91. The van der Waals surface area contributed by atoms with Crippen molar-refractivity contribution in [3.8, 4) is 17.2 Å². The van der Waals surface area contributed by atoms with Gasteiger partial charge in [0.05, 0.1) is 28.4 Å². The molecule has 0 aromatic heterocycles. The van der Waals surface area contributed by atoms with E-state index in [1.807, 2.05) is 48.5 Å². The third-order valence-corrected chi connectivity index (χ3v) is 8.62. The van der Waals surface area contributed by atoms with Crippen LogP contribution in [0.15, 0.2) is 82.1 Å². The Balaban J connectivity index is 1.42. The average Bonchev–Trinajstić information content (AvgIpc) is 2.88. The zero-order chi connectivity index (χ0) is 26.2. The van der Waals surface area contributed by atoms with Crippen molar-refractivity contribution in [1.29, 1.82) is 0 Å². The number of halogens is 3. The predicted octanol–water partition coefficient (Wildman–Crippen LogP) is 5.77. The molecule has 11 heteroatoms. The number of fused-ring (bicyclic) bond motifs is 2. The highest BCUT2D eigenvalue weighted by Crippen LogP contribution is 2.49. The first-order chi connectivity index (χ1) is 17.7. The molecule has 1 saturated carbocycles. The predicted molar refractivity (Wildman–Crippen MR) is 134 cm³/mol. The van der Waals surface area contributed by atoms with E-state index in [0.717, 1.165) is 29.9 Å². The van der Waals surface area contributed by atoms with Crippen LogP contribution in [0.4, 0.5) is 24.5 Å². The fourth-order valence-electron chi connectivity index (χ4n) is 4.91. The lowest BCUT2D eigenvalue weighted by molar-refractivity contribution is -0.274. The van der Waals surface area contributed by atoms with Gasteiger partial charge in [0.15, 0.2) is 11.5 Å². The summed E-state index contributed by atoms with van der Waals surface area (Å²) < 4.78 is 68.4. The Morgan fingerprint density at radius 1 is 1.00 bits per heavy atom.